The highest BCUT2D eigenvalue weighted by Gasteiger charge is 2.36. The molecular weight excluding hydrogens is 516 g/mol. The number of halogens is 2. The summed E-state index contributed by atoms with van der Waals surface area (Å²) in [6.45, 7) is 10.5. The number of hydrogen-bond donors (Lipinski definition) is 2. The third kappa shape index (κ3) is 6.68. The smallest absolute Gasteiger partial charge is 0.410 e. The van der Waals surface area contributed by atoms with E-state index in [2.05, 4.69) is 20.5 Å². The van der Waals surface area contributed by atoms with E-state index in [1.807, 2.05) is 20.8 Å². The highest BCUT2D eigenvalue weighted by Crippen LogP contribution is 2.18. The van der Waals surface area contributed by atoms with Crippen molar-refractivity contribution in [2.45, 2.75) is 39.3 Å². The molecule has 8 nitrogen and oxygen atoms in total. The Labute approximate surface area is 199 Å². The van der Waals surface area contributed by atoms with Gasteiger partial charge in [0.2, 0.25) is 0 Å². The van der Waals surface area contributed by atoms with E-state index in [9.17, 15) is 14.0 Å². The van der Waals surface area contributed by atoms with E-state index in [1.165, 1.54) is 6.07 Å². The quantitative estimate of drug-likeness (QED) is 0.447. The molecule has 2 N–H and O–H groups in total. The van der Waals surface area contributed by atoms with Gasteiger partial charge in [-0.2, -0.15) is 0 Å². The number of nitrogens with one attached hydrogen (secondary N) is 2. The second-order valence-corrected chi connectivity index (χ2v) is 8.58. The van der Waals surface area contributed by atoms with Gasteiger partial charge in [0.25, 0.3) is 5.91 Å². The van der Waals surface area contributed by atoms with Gasteiger partial charge in [0.05, 0.1) is 12.6 Å². The minimum Gasteiger partial charge on any atom is -0.444 e. The summed E-state index contributed by atoms with van der Waals surface area (Å²) >= 11 is 0. The van der Waals surface area contributed by atoms with Crippen LogP contribution in [-0.4, -0.2) is 78.7 Å². The first-order valence-electron chi connectivity index (χ1n) is 10.2. The number of rotatable bonds is 4. The van der Waals surface area contributed by atoms with Crippen molar-refractivity contribution < 1.29 is 18.7 Å². The molecule has 0 saturated carbocycles. The Balaban J connectivity index is 0.00000341. The molecular formula is C21H31FIN5O3. The summed E-state index contributed by atoms with van der Waals surface area (Å²) in [5.74, 6) is 0.0741. The van der Waals surface area contributed by atoms with Crippen LogP contribution in [0.2, 0.25) is 0 Å². The summed E-state index contributed by atoms with van der Waals surface area (Å²) in [6.07, 6.45) is -0.293. The summed E-state index contributed by atoms with van der Waals surface area (Å²) in [6, 6.07) is 4.57. The number of aliphatic imine (C=N–C) groups is 1. The summed E-state index contributed by atoms with van der Waals surface area (Å²) < 4.78 is 19.1. The predicted molar refractivity (Wildman–Crippen MR) is 127 cm³/mol. The third-order valence-corrected chi connectivity index (χ3v) is 4.99. The molecule has 0 radical (unpaired) electrons. The van der Waals surface area contributed by atoms with Crippen LogP contribution in [0.1, 0.15) is 36.7 Å². The molecule has 2 aliphatic heterocycles. The van der Waals surface area contributed by atoms with Gasteiger partial charge in [0.1, 0.15) is 11.4 Å². The second kappa shape index (κ2) is 10.5. The van der Waals surface area contributed by atoms with E-state index in [1.54, 1.807) is 24.0 Å². The van der Waals surface area contributed by atoms with E-state index in [-0.39, 0.29) is 42.0 Å². The Hall–Kier alpha value is -2.11. The minimum atomic E-state index is -0.512. The molecule has 0 aliphatic carbocycles. The lowest BCUT2D eigenvalue weighted by Crippen LogP contribution is -2.57. The largest absolute Gasteiger partial charge is 0.444 e. The summed E-state index contributed by atoms with van der Waals surface area (Å²) in [5, 5.41) is 6.02. The number of carbonyl (C=O) groups is 2. The van der Waals surface area contributed by atoms with E-state index >= 15 is 0 Å². The molecule has 2 aliphatic rings. The Bertz CT molecular complexity index is 843. The standard InChI is InChI=1S/C21H30FN5O3.HI/c1-14-5-6-15(11-17(14)22)18(28)23-7-8-24-19-25-12-16-13-26(9-10-27(16)19)20(29)30-21(2,3)4;/h5-6,11,16H,7-10,12-13H2,1-4H3,(H,23,28)(H,24,25);1H. The summed E-state index contributed by atoms with van der Waals surface area (Å²) in [5.41, 5.74) is 0.297. The van der Waals surface area contributed by atoms with Gasteiger partial charge in [-0.05, 0) is 45.4 Å². The fraction of sp³-hybridized carbons (Fsp3) is 0.571. The first-order valence-corrected chi connectivity index (χ1v) is 10.2. The Morgan fingerprint density at radius 2 is 2.00 bits per heavy atom. The fourth-order valence-electron chi connectivity index (χ4n) is 3.41. The van der Waals surface area contributed by atoms with Crippen molar-refractivity contribution in [2.24, 2.45) is 4.99 Å². The van der Waals surface area contributed by atoms with Gasteiger partial charge >= 0.3 is 6.09 Å². The molecule has 1 saturated heterocycles. The van der Waals surface area contributed by atoms with Crippen LogP contribution in [0.4, 0.5) is 9.18 Å². The van der Waals surface area contributed by atoms with E-state index in [0.717, 1.165) is 5.96 Å². The number of amides is 2. The predicted octanol–water partition coefficient (Wildman–Crippen LogP) is 2.36. The minimum absolute atomic E-state index is 0. The Kier molecular flexibility index (Phi) is 8.49. The topological polar surface area (TPSA) is 86.3 Å². The lowest BCUT2D eigenvalue weighted by atomic mass is 10.1. The normalized spacial score (nSPS) is 18.0. The highest BCUT2D eigenvalue weighted by molar-refractivity contribution is 14.0. The van der Waals surface area contributed by atoms with Crippen LogP contribution in [0.25, 0.3) is 0 Å². The van der Waals surface area contributed by atoms with Crippen LogP contribution in [0.5, 0.6) is 0 Å². The summed E-state index contributed by atoms with van der Waals surface area (Å²) in [4.78, 5) is 32.8. The zero-order chi connectivity index (χ0) is 21.9. The number of benzene rings is 1. The lowest BCUT2D eigenvalue weighted by Gasteiger charge is -2.39. The number of carbonyl (C=O) groups excluding carboxylic acids is 2. The number of guanidine groups is 1. The SMILES string of the molecule is Cc1ccc(C(=O)NCCNC2=NCC3CN(C(=O)OC(C)(C)C)CCN23)cc1F.I. The molecule has 3 rings (SSSR count). The Morgan fingerprint density at radius 1 is 1.26 bits per heavy atom. The first-order chi connectivity index (χ1) is 14.1. The van der Waals surface area contributed by atoms with Crippen molar-refractivity contribution in [3.63, 3.8) is 0 Å². The average molecular weight is 547 g/mol. The van der Waals surface area contributed by atoms with Crippen LogP contribution < -0.4 is 10.6 Å². The van der Waals surface area contributed by atoms with Gasteiger partial charge in [0.15, 0.2) is 5.96 Å². The van der Waals surface area contributed by atoms with Crippen molar-refractivity contribution in [3.8, 4) is 0 Å². The monoisotopic (exact) mass is 547 g/mol. The van der Waals surface area contributed by atoms with Crippen molar-refractivity contribution in [1.82, 2.24) is 20.4 Å². The maximum absolute atomic E-state index is 13.6. The molecule has 1 aromatic rings. The van der Waals surface area contributed by atoms with Gasteiger partial charge in [-0.3, -0.25) is 9.79 Å². The molecule has 1 fully saturated rings. The van der Waals surface area contributed by atoms with Crippen LogP contribution >= 0.6 is 24.0 Å². The van der Waals surface area contributed by atoms with Crippen LogP contribution in [-0.2, 0) is 4.74 Å². The van der Waals surface area contributed by atoms with Crippen molar-refractivity contribution in [2.75, 3.05) is 39.3 Å². The van der Waals surface area contributed by atoms with Crippen molar-refractivity contribution >= 4 is 41.9 Å². The number of nitrogens with zero attached hydrogens (tertiary/aromatic N) is 3. The zero-order valence-corrected chi connectivity index (χ0v) is 20.7. The molecule has 1 aromatic carbocycles. The van der Waals surface area contributed by atoms with Crippen LogP contribution in [0.3, 0.4) is 0 Å². The van der Waals surface area contributed by atoms with Gasteiger partial charge in [-0.1, -0.05) is 6.07 Å². The molecule has 1 unspecified atom stereocenters. The molecule has 10 heteroatoms. The van der Waals surface area contributed by atoms with Gasteiger partial charge < -0.3 is 25.2 Å². The molecule has 172 valence electrons. The third-order valence-electron chi connectivity index (χ3n) is 4.99. The first kappa shape index (κ1) is 25.2. The molecule has 0 bridgehead atoms. The van der Waals surface area contributed by atoms with E-state index in [0.29, 0.717) is 50.4 Å². The Morgan fingerprint density at radius 3 is 2.68 bits per heavy atom. The van der Waals surface area contributed by atoms with Crippen molar-refractivity contribution in [3.05, 3.63) is 35.1 Å². The number of ether oxygens (including phenoxy) is 1. The number of aryl methyl sites for hydroxylation is 1. The molecule has 31 heavy (non-hydrogen) atoms. The molecule has 1 atom stereocenters. The fourth-order valence-corrected chi connectivity index (χ4v) is 3.41. The van der Waals surface area contributed by atoms with E-state index in [4.69, 9.17) is 4.74 Å². The summed E-state index contributed by atoms with van der Waals surface area (Å²) in [7, 11) is 0. The second-order valence-electron chi connectivity index (χ2n) is 8.58. The average Bonchev–Trinajstić information content (AvgIpc) is 3.08. The highest BCUT2D eigenvalue weighted by atomic mass is 127. The van der Waals surface area contributed by atoms with Crippen LogP contribution in [0, 0.1) is 12.7 Å². The maximum atomic E-state index is 13.6. The molecule has 2 amide bonds. The van der Waals surface area contributed by atoms with Crippen LogP contribution in [0.15, 0.2) is 23.2 Å². The number of piperazine rings is 1. The lowest BCUT2D eigenvalue weighted by molar-refractivity contribution is 0.0137. The van der Waals surface area contributed by atoms with E-state index < -0.39 is 11.4 Å². The zero-order valence-electron chi connectivity index (χ0n) is 18.4. The number of hydrogen-bond acceptors (Lipinski definition) is 6. The van der Waals surface area contributed by atoms with Gasteiger partial charge in [-0.25, -0.2) is 9.18 Å². The van der Waals surface area contributed by atoms with Gasteiger partial charge in [-0.15, -0.1) is 24.0 Å². The number of fused-ring (bicyclic) bond motifs is 1. The maximum Gasteiger partial charge on any atom is 0.410 e. The molecule has 0 aromatic heterocycles. The van der Waals surface area contributed by atoms with Gasteiger partial charge in [0, 0.05) is 38.3 Å². The van der Waals surface area contributed by atoms with Crippen molar-refractivity contribution in [1.29, 1.82) is 0 Å². The molecule has 2 heterocycles. The molecule has 0 spiro atoms.